The molecule has 1 aromatic rings. The molecule has 0 aliphatic carbocycles. The van der Waals surface area contributed by atoms with Gasteiger partial charge in [0.05, 0.1) is 5.69 Å². The minimum atomic E-state index is -1.09. The minimum Gasteiger partial charge on any atom is -0.478 e. The van der Waals surface area contributed by atoms with Gasteiger partial charge in [-0.3, -0.25) is 4.79 Å². The second kappa shape index (κ2) is 5.63. The van der Waals surface area contributed by atoms with Crippen molar-refractivity contribution in [1.29, 1.82) is 0 Å². The third-order valence-corrected chi connectivity index (χ3v) is 3.04. The number of carbonyl (C=O) groups excluding carboxylic acids is 1. The largest absolute Gasteiger partial charge is 0.478 e. The Labute approximate surface area is 107 Å². The highest BCUT2D eigenvalue weighted by Gasteiger charge is 2.13. The van der Waals surface area contributed by atoms with E-state index in [1.165, 1.54) is 13.8 Å². The van der Waals surface area contributed by atoms with Gasteiger partial charge < -0.3 is 10.4 Å². The molecule has 17 heavy (non-hydrogen) atoms. The molecular weight excluding hydrogens is 286 g/mol. The SMILES string of the molecule is CC(C(=O)O)=C(C)C(=O)Nc1ccccc1Br. The molecule has 0 atom stereocenters. The normalized spacial score (nSPS) is 11.7. The van der Waals surface area contributed by atoms with Crippen LogP contribution in [0, 0.1) is 0 Å². The van der Waals surface area contributed by atoms with Crippen molar-refractivity contribution in [1.82, 2.24) is 0 Å². The third-order valence-electron chi connectivity index (χ3n) is 2.35. The highest BCUT2D eigenvalue weighted by Crippen LogP contribution is 2.22. The topological polar surface area (TPSA) is 66.4 Å². The molecule has 0 aliphatic heterocycles. The number of rotatable bonds is 3. The average Bonchev–Trinajstić information content (AvgIpc) is 2.30. The number of carbonyl (C=O) groups is 2. The van der Waals surface area contributed by atoms with Crippen LogP contribution >= 0.6 is 15.9 Å². The zero-order chi connectivity index (χ0) is 13.0. The van der Waals surface area contributed by atoms with Crippen molar-refractivity contribution in [3.05, 3.63) is 39.9 Å². The van der Waals surface area contributed by atoms with Gasteiger partial charge in [0.15, 0.2) is 0 Å². The Morgan fingerprint density at radius 3 is 2.29 bits per heavy atom. The third kappa shape index (κ3) is 3.42. The summed E-state index contributed by atoms with van der Waals surface area (Å²) in [6, 6.07) is 7.12. The van der Waals surface area contributed by atoms with Gasteiger partial charge >= 0.3 is 5.97 Å². The first-order chi connectivity index (χ1) is 7.93. The van der Waals surface area contributed by atoms with Crippen LogP contribution in [0.1, 0.15) is 13.8 Å². The van der Waals surface area contributed by atoms with Gasteiger partial charge in [-0.2, -0.15) is 0 Å². The van der Waals surface area contributed by atoms with Gasteiger partial charge in [0.1, 0.15) is 0 Å². The first kappa shape index (κ1) is 13.4. The molecule has 1 amide bonds. The van der Waals surface area contributed by atoms with Gasteiger partial charge in [0.25, 0.3) is 5.91 Å². The summed E-state index contributed by atoms with van der Waals surface area (Å²) < 4.78 is 0.745. The van der Waals surface area contributed by atoms with Crippen molar-refractivity contribution in [2.75, 3.05) is 5.32 Å². The Bertz CT molecular complexity index is 494. The summed E-state index contributed by atoms with van der Waals surface area (Å²) in [5.74, 6) is -1.51. The van der Waals surface area contributed by atoms with Crippen molar-refractivity contribution in [3.8, 4) is 0 Å². The van der Waals surface area contributed by atoms with E-state index in [0.29, 0.717) is 5.69 Å². The lowest BCUT2D eigenvalue weighted by molar-refractivity contribution is -0.133. The van der Waals surface area contributed by atoms with E-state index in [0.717, 1.165) is 4.47 Å². The van der Waals surface area contributed by atoms with E-state index in [1.54, 1.807) is 18.2 Å². The molecular formula is C12H12BrNO3. The number of nitrogens with one attached hydrogen (secondary N) is 1. The van der Waals surface area contributed by atoms with Gasteiger partial charge in [-0.1, -0.05) is 12.1 Å². The molecule has 0 heterocycles. The summed E-state index contributed by atoms with van der Waals surface area (Å²) in [6.07, 6.45) is 0. The Balaban J connectivity index is 2.91. The lowest BCUT2D eigenvalue weighted by atomic mass is 10.1. The second-order valence-electron chi connectivity index (χ2n) is 3.49. The molecule has 4 nitrogen and oxygen atoms in total. The van der Waals surface area contributed by atoms with Gasteiger partial charge in [-0.25, -0.2) is 4.79 Å². The Hall–Kier alpha value is -1.62. The van der Waals surface area contributed by atoms with E-state index in [1.807, 2.05) is 6.07 Å². The van der Waals surface area contributed by atoms with Crippen LogP contribution in [-0.4, -0.2) is 17.0 Å². The molecule has 2 N–H and O–H groups in total. The number of benzene rings is 1. The zero-order valence-electron chi connectivity index (χ0n) is 9.45. The lowest BCUT2D eigenvalue weighted by Crippen LogP contribution is -2.16. The highest BCUT2D eigenvalue weighted by molar-refractivity contribution is 9.10. The molecule has 1 rings (SSSR count). The number of halogens is 1. The monoisotopic (exact) mass is 297 g/mol. The number of amides is 1. The van der Waals surface area contributed by atoms with Gasteiger partial charge in [-0.15, -0.1) is 0 Å². The first-order valence-corrected chi connectivity index (χ1v) is 5.69. The van der Waals surface area contributed by atoms with Crippen LogP contribution in [0.2, 0.25) is 0 Å². The number of carboxylic acids is 1. The number of aliphatic carboxylic acids is 1. The van der Waals surface area contributed by atoms with Gasteiger partial charge in [0.2, 0.25) is 0 Å². The molecule has 0 unspecified atom stereocenters. The quantitative estimate of drug-likeness (QED) is 0.843. The zero-order valence-corrected chi connectivity index (χ0v) is 11.0. The second-order valence-corrected chi connectivity index (χ2v) is 4.34. The summed E-state index contributed by atoms with van der Waals surface area (Å²) in [6.45, 7) is 2.88. The molecule has 0 saturated carbocycles. The summed E-state index contributed by atoms with van der Waals surface area (Å²) in [5, 5.41) is 11.4. The summed E-state index contributed by atoms with van der Waals surface area (Å²) in [4.78, 5) is 22.5. The number of hydrogen-bond acceptors (Lipinski definition) is 2. The van der Waals surface area contributed by atoms with E-state index in [9.17, 15) is 9.59 Å². The van der Waals surface area contributed by atoms with E-state index in [2.05, 4.69) is 21.2 Å². The summed E-state index contributed by atoms with van der Waals surface area (Å²) in [7, 11) is 0. The van der Waals surface area contributed by atoms with Crippen LogP contribution in [0.5, 0.6) is 0 Å². The van der Waals surface area contributed by atoms with Crippen LogP contribution in [0.25, 0.3) is 0 Å². The molecule has 1 aromatic carbocycles. The fourth-order valence-electron chi connectivity index (χ4n) is 1.11. The molecule has 0 spiro atoms. The van der Waals surface area contributed by atoms with Crippen LogP contribution in [0.3, 0.4) is 0 Å². The van der Waals surface area contributed by atoms with E-state index in [-0.39, 0.29) is 11.1 Å². The van der Waals surface area contributed by atoms with Crippen molar-refractivity contribution in [3.63, 3.8) is 0 Å². The Morgan fingerprint density at radius 1 is 1.18 bits per heavy atom. The van der Waals surface area contributed by atoms with Crippen LogP contribution in [-0.2, 0) is 9.59 Å². The molecule has 90 valence electrons. The van der Waals surface area contributed by atoms with Crippen LogP contribution in [0.15, 0.2) is 39.9 Å². The Kier molecular flexibility index (Phi) is 4.45. The number of carboxylic acid groups (broad SMARTS) is 1. The van der Waals surface area contributed by atoms with Crippen LogP contribution < -0.4 is 5.32 Å². The smallest absolute Gasteiger partial charge is 0.331 e. The van der Waals surface area contributed by atoms with E-state index < -0.39 is 11.9 Å². The molecule has 0 bridgehead atoms. The van der Waals surface area contributed by atoms with Crippen LogP contribution in [0.4, 0.5) is 5.69 Å². The highest BCUT2D eigenvalue weighted by atomic mass is 79.9. The number of para-hydroxylation sites is 1. The van der Waals surface area contributed by atoms with Crippen molar-refractivity contribution in [2.45, 2.75) is 13.8 Å². The summed E-state index contributed by atoms with van der Waals surface area (Å²) in [5.41, 5.74) is 0.831. The van der Waals surface area contributed by atoms with E-state index in [4.69, 9.17) is 5.11 Å². The maximum absolute atomic E-state index is 11.8. The predicted molar refractivity (Wildman–Crippen MR) is 68.8 cm³/mol. The number of anilines is 1. The van der Waals surface area contributed by atoms with Crippen molar-refractivity contribution < 1.29 is 14.7 Å². The predicted octanol–water partition coefficient (Wildman–Crippen LogP) is 2.81. The molecule has 0 radical (unpaired) electrons. The summed E-state index contributed by atoms with van der Waals surface area (Å²) >= 11 is 3.29. The molecule has 5 heteroatoms. The molecule has 0 aromatic heterocycles. The van der Waals surface area contributed by atoms with Crippen molar-refractivity contribution >= 4 is 33.5 Å². The fraction of sp³-hybridized carbons (Fsp3) is 0.167. The number of hydrogen-bond donors (Lipinski definition) is 2. The standard InChI is InChI=1S/C12H12BrNO3/c1-7(8(2)12(16)17)11(15)14-10-6-4-3-5-9(10)13/h3-6H,1-2H3,(H,14,15)(H,16,17). The van der Waals surface area contributed by atoms with Gasteiger partial charge in [0, 0.05) is 15.6 Å². The van der Waals surface area contributed by atoms with E-state index >= 15 is 0 Å². The molecule has 0 saturated heterocycles. The molecule has 0 aliphatic rings. The average molecular weight is 298 g/mol. The van der Waals surface area contributed by atoms with Crippen molar-refractivity contribution in [2.24, 2.45) is 0 Å². The maximum Gasteiger partial charge on any atom is 0.331 e. The fourth-order valence-corrected chi connectivity index (χ4v) is 1.49. The van der Waals surface area contributed by atoms with Gasteiger partial charge in [-0.05, 0) is 41.9 Å². The molecule has 0 fully saturated rings. The minimum absolute atomic E-state index is 0.0366. The Morgan fingerprint density at radius 2 is 1.76 bits per heavy atom. The lowest BCUT2D eigenvalue weighted by Gasteiger charge is -2.08. The first-order valence-electron chi connectivity index (χ1n) is 4.90. The maximum atomic E-state index is 11.8.